The molecule has 0 amide bonds. The summed E-state index contributed by atoms with van der Waals surface area (Å²) in [6.07, 6.45) is 0.858. The van der Waals surface area contributed by atoms with E-state index in [2.05, 4.69) is 21.4 Å². The van der Waals surface area contributed by atoms with Crippen LogP contribution in [0.3, 0.4) is 0 Å². The van der Waals surface area contributed by atoms with Crippen LogP contribution in [0, 0.1) is 17.6 Å². The van der Waals surface area contributed by atoms with E-state index in [1.54, 1.807) is 0 Å². The van der Waals surface area contributed by atoms with Crippen molar-refractivity contribution in [1.29, 1.82) is 0 Å². The Morgan fingerprint density at radius 3 is 2.70 bits per heavy atom. The first-order valence-electron chi connectivity index (χ1n) is 10.2. The van der Waals surface area contributed by atoms with Gasteiger partial charge in [-0.05, 0) is 36.6 Å². The summed E-state index contributed by atoms with van der Waals surface area (Å²) < 4.78 is 61.9. The number of nitrogens with zero attached hydrogens (tertiary/aromatic N) is 2. The second-order valence-corrected chi connectivity index (χ2v) is 9.84. The Kier molecular flexibility index (Phi) is 6.88. The summed E-state index contributed by atoms with van der Waals surface area (Å²) >= 11 is 5.98. The molecule has 4 N–H and O–H groups in total. The quantitative estimate of drug-likeness (QED) is 0.480. The molecule has 0 bridgehead atoms. The Bertz CT molecular complexity index is 1150. The van der Waals surface area contributed by atoms with Gasteiger partial charge in [0, 0.05) is 36.7 Å². The van der Waals surface area contributed by atoms with E-state index in [0.717, 1.165) is 24.6 Å². The third kappa shape index (κ3) is 5.46. The van der Waals surface area contributed by atoms with Crippen molar-refractivity contribution in [2.75, 3.05) is 26.7 Å². The number of ether oxygens (including phenoxy) is 1. The number of benzene rings is 2. The molecule has 0 aliphatic carbocycles. The van der Waals surface area contributed by atoms with Crippen molar-refractivity contribution >= 4 is 27.6 Å². The molecule has 2 heterocycles. The number of hydrogen-bond acceptors (Lipinski definition) is 8. The second-order valence-electron chi connectivity index (χ2n) is 7.75. The molecular formula is C20H23ClF2N6O3S. The van der Waals surface area contributed by atoms with Gasteiger partial charge in [-0.3, -0.25) is 5.43 Å². The third-order valence-electron chi connectivity index (χ3n) is 5.45. The largest absolute Gasteiger partial charge is 0.490 e. The SMILES string of the molecule is CN1N=C(NS(=O)(=O)c2cc(F)c(OC[C@@H]3CNCC[C@H]3c3ccc(Cl)cc3)cc2F)NN1. The number of sulfonamides is 1. The maximum atomic E-state index is 14.7. The van der Waals surface area contributed by atoms with Crippen LogP contribution in [0.25, 0.3) is 0 Å². The molecule has 9 nitrogen and oxygen atoms in total. The molecule has 178 valence electrons. The average molecular weight is 501 g/mol. The van der Waals surface area contributed by atoms with Crippen LogP contribution in [0.5, 0.6) is 5.75 Å². The van der Waals surface area contributed by atoms with Crippen molar-refractivity contribution in [3.63, 3.8) is 0 Å². The highest BCUT2D eigenvalue weighted by Gasteiger charge is 2.29. The molecule has 2 aliphatic heterocycles. The van der Waals surface area contributed by atoms with Crippen LogP contribution < -0.4 is 25.7 Å². The van der Waals surface area contributed by atoms with Crippen LogP contribution in [0.15, 0.2) is 46.4 Å². The summed E-state index contributed by atoms with van der Waals surface area (Å²) in [6.45, 7) is 1.60. The zero-order valence-electron chi connectivity index (χ0n) is 17.6. The first-order valence-corrected chi connectivity index (χ1v) is 12.0. The average Bonchev–Trinajstić information content (AvgIpc) is 3.18. The Balaban J connectivity index is 1.48. The van der Waals surface area contributed by atoms with Gasteiger partial charge in [-0.15, -0.1) is 10.6 Å². The summed E-state index contributed by atoms with van der Waals surface area (Å²) in [5.74, 6) is -2.51. The molecule has 2 aromatic rings. The van der Waals surface area contributed by atoms with Gasteiger partial charge in [-0.1, -0.05) is 23.7 Å². The Morgan fingerprint density at radius 2 is 2.00 bits per heavy atom. The smallest absolute Gasteiger partial charge is 0.267 e. The second kappa shape index (κ2) is 9.67. The van der Waals surface area contributed by atoms with Crippen LogP contribution in [-0.2, 0) is 10.0 Å². The normalized spacial score (nSPS) is 20.8. The van der Waals surface area contributed by atoms with Crippen molar-refractivity contribution in [2.24, 2.45) is 11.0 Å². The fraction of sp³-hybridized carbons (Fsp3) is 0.350. The Hall–Kier alpha value is -2.67. The monoisotopic (exact) mass is 500 g/mol. The first kappa shape index (κ1) is 23.5. The number of hydrazine groups is 2. The van der Waals surface area contributed by atoms with E-state index >= 15 is 0 Å². The van der Waals surface area contributed by atoms with Crippen molar-refractivity contribution in [3.8, 4) is 5.75 Å². The number of piperidine rings is 1. The summed E-state index contributed by atoms with van der Waals surface area (Å²) in [5, 5.41) is 8.90. The molecule has 0 saturated carbocycles. The van der Waals surface area contributed by atoms with Crippen LogP contribution in [0.1, 0.15) is 17.9 Å². The van der Waals surface area contributed by atoms with Gasteiger partial charge in [0.1, 0.15) is 10.7 Å². The highest BCUT2D eigenvalue weighted by Crippen LogP contribution is 2.32. The molecule has 2 aromatic carbocycles. The maximum absolute atomic E-state index is 14.7. The number of rotatable bonds is 6. The predicted octanol–water partition coefficient (Wildman–Crippen LogP) is 1.89. The Morgan fingerprint density at radius 1 is 1.24 bits per heavy atom. The lowest BCUT2D eigenvalue weighted by Crippen LogP contribution is -2.44. The van der Waals surface area contributed by atoms with Crippen LogP contribution in [0.2, 0.25) is 5.02 Å². The fourth-order valence-electron chi connectivity index (χ4n) is 3.83. The number of nitrogens with one attached hydrogen (secondary N) is 4. The highest BCUT2D eigenvalue weighted by molar-refractivity contribution is 7.90. The van der Waals surface area contributed by atoms with E-state index in [9.17, 15) is 17.2 Å². The van der Waals surface area contributed by atoms with Gasteiger partial charge in [-0.25, -0.2) is 27.0 Å². The van der Waals surface area contributed by atoms with Crippen molar-refractivity contribution < 1.29 is 21.9 Å². The minimum atomic E-state index is -4.42. The molecule has 1 saturated heterocycles. The summed E-state index contributed by atoms with van der Waals surface area (Å²) in [7, 11) is -2.91. The van der Waals surface area contributed by atoms with Crippen molar-refractivity contribution in [2.45, 2.75) is 17.2 Å². The maximum Gasteiger partial charge on any atom is 0.267 e. The lowest BCUT2D eigenvalue weighted by atomic mass is 9.81. The molecule has 0 aromatic heterocycles. The van der Waals surface area contributed by atoms with E-state index in [0.29, 0.717) is 17.6 Å². The first-order chi connectivity index (χ1) is 15.7. The predicted molar refractivity (Wildman–Crippen MR) is 119 cm³/mol. The van der Waals surface area contributed by atoms with Gasteiger partial charge < -0.3 is 10.1 Å². The molecule has 0 radical (unpaired) electrons. The van der Waals surface area contributed by atoms with Crippen LogP contribution in [0.4, 0.5) is 8.78 Å². The molecule has 0 spiro atoms. The highest BCUT2D eigenvalue weighted by atomic mass is 35.5. The van der Waals surface area contributed by atoms with Gasteiger partial charge in [-0.2, -0.15) is 0 Å². The summed E-state index contributed by atoms with van der Waals surface area (Å²) in [4.78, 5) is -0.857. The molecule has 2 aliphatic rings. The number of hydrazone groups is 1. The van der Waals surface area contributed by atoms with E-state index < -0.39 is 26.6 Å². The van der Waals surface area contributed by atoms with Crippen molar-refractivity contribution in [1.82, 2.24) is 26.1 Å². The summed E-state index contributed by atoms with van der Waals surface area (Å²) in [5.41, 5.74) is 6.03. The van der Waals surface area contributed by atoms with Crippen LogP contribution >= 0.6 is 11.6 Å². The third-order valence-corrected chi connectivity index (χ3v) is 7.06. The number of guanidine groups is 1. The Labute approximate surface area is 195 Å². The molecule has 4 rings (SSSR count). The lowest BCUT2D eigenvalue weighted by Gasteiger charge is -2.32. The molecule has 13 heteroatoms. The molecule has 33 heavy (non-hydrogen) atoms. The van der Waals surface area contributed by atoms with Gasteiger partial charge in [0.2, 0.25) is 5.96 Å². The minimum Gasteiger partial charge on any atom is -0.490 e. The lowest BCUT2D eigenvalue weighted by molar-refractivity contribution is 0.190. The zero-order chi connectivity index (χ0) is 23.6. The molecule has 1 fully saturated rings. The van der Waals surface area contributed by atoms with E-state index in [1.807, 2.05) is 29.0 Å². The standard InChI is InChI=1S/C20H23ClF2N6O3S/c1-29-26-20(25-28-29)27-33(30,31)19-9-16(22)18(8-17(19)23)32-11-13-10-24-7-6-15(13)12-2-4-14(21)5-3-12/h2-5,8-9,13,15,24,28H,6-7,10-11H2,1H3,(H2,25,26,27)/t13-,15-/m0/s1. The van der Waals surface area contributed by atoms with Crippen molar-refractivity contribution in [3.05, 3.63) is 58.6 Å². The zero-order valence-corrected chi connectivity index (χ0v) is 19.2. The van der Waals surface area contributed by atoms with E-state index in [-0.39, 0.29) is 30.2 Å². The van der Waals surface area contributed by atoms with Crippen LogP contribution in [-0.4, -0.2) is 46.2 Å². The van der Waals surface area contributed by atoms with Gasteiger partial charge in [0.05, 0.1) is 6.61 Å². The van der Waals surface area contributed by atoms with E-state index in [1.165, 1.54) is 12.2 Å². The van der Waals surface area contributed by atoms with Gasteiger partial charge in [0.25, 0.3) is 10.0 Å². The molecular weight excluding hydrogens is 478 g/mol. The van der Waals surface area contributed by atoms with Gasteiger partial charge >= 0.3 is 0 Å². The number of hydrogen-bond donors (Lipinski definition) is 4. The topological polar surface area (TPSA) is 107 Å². The fourth-order valence-corrected chi connectivity index (χ4v) is 4.99. The number of halogens is 3. The molecule has 2 atom stereocenters. The summed E-state index contributed by atoms with van der Waals surface area (Å²) in [6, 6.07) is 8.88. The van der Waals surface area contributed by atoms with Gasteiger partial charge in [0.15, 0.2) is 11.6 Å². The molecule has 0 unspecified atom stereocenters. The minimum absolute atomic E-state index is 0.00315. The van der Waals surface area contributed by atoms with E-state index in [4.69, 9.17) is 16.3 Å².